The smallest absolute Gasteiger partial charge is 0.150 e. The first-order valence-electron chi connectivity index (χ1n) is 4.05. The van der Waals surface area contributed by atoms with Crippen molar-refractivity contribution in [3.05, 3.63) is 48.0 Å². The number of aldehydes is 1. The first-order valence-corrected chi connectivity index (χ1v) is 4.05. The largest absolute Gasteiger partial charge is 0.298 e. The van der Waals surface area contributed by atoms with Crippen molar-refractivity contribution >= 4 is 6.29 Å². The lowest BCUT2D eigenvalue weighted by atomic mass is 10.2. The number of carbonyl (C=O) groups excluding carboxylic acids is 1. The zero-order valence-electron chi connectivity index (χ0n) is 7.22. The summed E-state index contributed by atoms with van der Waals surface area (Å²) in [5.74, 6) is -0.444. The monoisotopic (exact) mass is 190 g/mol. The minimum absolute atomic E-state index is 0.301. The summed E-state index contributed by atoms with van der Waals surface area (Å²) in [7, 11) is 0. The van der Waals surface area contributed by atoms with E-state index in [2.05, 4.69) is 5.10 Å². The fourth-order valence-electron chi connectivity index (χ4n) is 1.22. The van der Waals surface area contributed by atoms with E-state index in [4.69, 9.17) is 0 Å². The van der Waals surface area contributed by atoms with Gasteiger partial charge < -0.3 is 0 Å². The Hall–Kier alpha value is -1.97. The van der Waals surface area contributed by atoms with E-state index in [0.717, 1.165) is 0 Å². The van der Waals surface area contributed by atoms with E-state index in [-0.39, 0.29) is 0 Å². The van der Waals surface area contributed by atoms with E-state index in [1.165, 1.54) is 16.8 Å². The van der Waals surface area contributed by atoms with Crippen LogP contribution in [0.25, 0.3) is 5.69 Å². The quantitative estimate of drug-likeness (QED) is 0.677. The van der Waals surface area contributed by atoms with Crippen molar-refractivity contribution in [2.24, 2.45) is 0 Å². The summed E-state index contributed by atoms with van der Waals surface area (Å²) in [5.41, 5.74) is 0.840. The molecule has 14 heavy (non-hydrogen) atoms. The number of halogens is 1. The summed E-state index contributed by atoms with van der Waals surface area (Å²) in [6.45, 7) is 0. The first-order chi connectivity index (χ1) is 6.79. The molecule has 70 valence electrons. The van der Waals surface area contributed by atoms with Gasteiger partial charge in [0.15, 0.2) is 0 Å². The van der Waals surface area contributed by atoms with Gasteiger partial charge in [-0.15, -0.1) is 0 Å². The van der Waals surface area contributed by atoms with Gasteiger partial charge in [0.05, 0.1) is 5.69 Å². The standard InChI is InChI=1S/C10H7FN2O/c11-9-4-8(7-14)5-10(6-9)13-3-1-2-12-13/h1-7H. The van der Waals surface area contributed by atoms with Gasteiger partial charge in [0.25, 0.3) is 0 Å². The predicted octanol–water partition coefficient (Wildman–Crippen LogP) is 1.82. The lowest BCUT2D eigenvalue weighted by Gasteiger charge is -2.01. The maximum atomic E-state index is 13.0. The van der Waals surface area contributed by atoms with Crippen molar-refractivity contribution in [1.29, 1.82) is 0 Å². The van der Waals surface area contributed by atoms with Gasteiger partial charge in [0.2, 0.25) is 0 Å². The molecule has 2 rings (SSSR count). The molecule has 0 unspecified atom stereocenters. The van der Waals surface area contributed by atoms with Gasteiger partial charge in [-0.25, -0.2) is 9.07 Å². The van der Waals surface area contributed by atoms with E-state index in [1.54, 1.807) is 24.5 Å². The molecule has 0 amide bonds. The molecule has 4 heteroatoms. The van der Waals surface area contributed by atoms with E-state index in [1.807, 2.05) is 0 Å². The van der Waals surface area contributed by atoms with E-state index >= 15 is 0 Å². The summed E-state index contributed by atoms with van der Waals surface area (Å²) >= 11 is 0. The van der Waals surface area contributed by atoms with E-state index < -0.39 is 5.82 Å². The Balaban J connectivity index is 2.54. The molecule has 0 N–H and O–H groups in total. The average molecular weight is 190 g/mol. The Labute approximate surface area is 79.8 Å². The topological polar surface area (TPSA) is 34.9 Å². The van der Waals surface area contributed by atoms with Crippen molar-refractivity contribution in [3.8, 4) is 5.69 Å². The Morgan fingerprint density at radius 2 is 2.21 bits per heavy atom. The van der Waals surface area contributed by atoms with Crippen LogP contribution >= 0.6 is 0 Å². The minimum Gasteiger partial charge on any atom is -0.298 e. The van der Waals surface area contributed by atoms with Crippen LogP contribution in [0.15, 0.2) is 36.7 Å². The zero-order chi connectivity index (χ0) is 9.97. The van der Waals surface area contributed by atoms with Gasteiger partial charge in [-0.2, -0.15) is 5.10 Å². The Kier molecular flexibility index (Phi) is 2.10. The predicted molar refractivity (Wildman–Crippen MR) is 48.9 cm³/mol. The van der Waals surface area contributed by atoms with Gasteiger partial charge in [0.1, 0.15) is 12.1 Å². The van der Waals surface area contributed by atoms with Crippen LogP contribution in [0, 0.1) is 5.82 Å². The van der Waals surface area contributed by atoms with Gasteiger partial charge in [-0.05, 0) is 24.3 Å². The third-order valence-corrected chi connectivity index (χ3v) is 1.81. The third-order valence-electron chi connectivity index (χ3n) is 1.81. The molecule has 0 atom stereocenters. The molecule has 0 aliphatic heterocycles. The molecule has 2 aromatic rings. The molecular weight excluding hydrogens is 183 g/mol. The number of hydrogen-bond donors (Lipinski definition) is 0. The fraction of sp³-hybridized carbons (Fsp3) is 0. The number of aromatic nitrogens is 2. The van der Waals surface area contributed by atoms with Crippen LogP contribution in [0.5, 0.6) is 0 Å². The number of rotatable bonds is 2. The second-order valence-electron chi connectivity index (χ2n) is 2.81. The maximum Gasteiger partial charge on any atom is 0.150 e. The van der Waals surface area contributed by atoms with Gasteiger partial charge >= 0.3 is 0 Å². The molecule has 1 aromatic heterocycles. The molecule has 0 saturated heterocycles. The molecule has 1 aromatic carbocycles. The summed E-state index contributed by atoms with van der Waals surface area (Å²) in [5, 5.41) is 3.94. The SMILES string of the molecule is O=Cc1cc(F)cc(-n2cccn2)c1. The Bertz CT molecular complexity index is 451. The second kappa shape index (κ2) is 3.41. The molecule has 0 aliphatic rings. The summed E-state index contributed by atoms with van der Waals surface area (Å²) in [6.07, 6.45) is 3.88. The van der Waals surface area contributed by atoms with E-state index in [9.17, 15) is 9.18 Å². The summed E-state index contributed by atoms with van der Waals surface area (Å²) in [4.78, 5) is 10.5. The highest BCUT2D eigenvalue weighted by Crippen LogP contribution is 2.11. The van der Waals surface area contributed by atoms with Crippen LogP contribution in [0.3, 0.4) is 0 Å². The molecule has 0 bridgehead atoms. The van der Waals surface area contributed by atoms with Crippen molar-refractivity contribution in [1.82, 2.24) is 9.78 Å². The second-order valence-corrected chi connectivity index (χ2v) is 2.81. The Morgan fingerprint density at radius 3 is 2.86 bits per heavy atom. The van der Waals surface area contributed by atoms with Gasteiger partial charge in [-0.1, -0.05) is 0 Å². The Morgan fingerprint density at radius 1 is 1.36 bits per heavy atom. The number of carbonyl (C=O) groups is 1. The fourth-order valence-corrected chi connectivity index (χ4v) is 1.22. The molecule has 0 aliphatic carbocycles. The average Bonchev–Trinajstić information content (AvgIpc) is 2.69. The first kappa shape index (κ1) is 8.62. The minimum atomic E-state index is -0.444. The van der Waals surface area contributed by atoms with Crippen molar-refractivity contribution in [2.45, 2.75) is 0 Å². The normalized spacial score (nSPS) is 10.1. The maximum absolute atomic E-state index is 13.0. The van der Waals surface area contributed by atoms with Gasteiger partial charge in [0, 0.05) is 18.0 Å². The molecule has 0 radical (unpaired) electrons. The number of hydrogen-bond acceptors (Lipinski definition) is 2. The highest BCUT2D eigenvalue weighted by Gasteiger charge is 2.01. The van der Waals surface area contributed by atoms with Crippen molar-refractivity contribution in [3.63, 3.8) is 0 Å². The van der Waals surface area contributed by atoms with Crippen molar-refractivity contribution in [2.75, 3.05) is 0 Å². The van der Waals surface area contributed by atoms with Crippen LogP contribution < -0.4 is 0 Å². The molecule has 3 nitrogen and oxygen atoms in total. The highest BCUT2D eigenvalue weighted by atomic mass is 19.1. The lowest BCUT2D eigenvalue weighted by Crippen LogP contribution is -1.96. The molecule has 0 spiro atoms. The third kappa shape index (κ3) is 1.54. The zero-order valence-corrected chi connectivity index (χ0v) is 7.22. The van der Waals surface area contributed by atoms with Crippen LogP contribution in [-0.4, -0.2) is 16.1 Å². The molecule has 0 saturated carbocycles. The molecule has 0 fully saturated rings. The number of benzene rings is 1. The van der Waals surface area contributed by atoms with Crippen LogP contribution in [0.4, 0.5) is 4.39 Å². The summed E-state index contributed by atoms with van der Waals surface area (Å²) in [6, 6.07) is 5.80. The molecular formula is C10H7FN2O. The van der Waals surface area contributed by atoms with Crippen LogP contribution in [-0.2, 0) is 0 Å². The lowest BCUT2D eigenvalue weighted by molar-refractivity contribution is 0.112. The highest BCUT2D eigenvalue weighted by molar-refractivity contribution is 5.75. The van der Waals surface area contributed by atoms with Crippen LogP contribution in [0.2, 0.25) is 0 Å². The van der Waals surface area contributed by atoms with E-state index in [0.29, 0.717) is 17.5 Å². The summed E-state index contributed by atoms with van der Waals surface area (Å²) < 4.78 is 14.5. The van der Waals surface area contributed by atoms with Crippen molar-refractivity contribution < 1.29 is 9.18 Å². The molecule has 1 heterocycles. The number of nitrogens with zero attached hydrogens (tertiary/aromatic N) is 2. The van der Waals surface area contributed by atoms with Crippen LogP contribution in [0.1, 0.15) is 10.4 Å². The van der Waals surface area contributed by atoms with Gasteiger partial charge in [-0.3, -0.25) is 4.79 Å².